The summed E-state index contributed by atoms with van der Waals surface area (Å²) in [5, 5.41) is 2.06. The molecule has 0 radical (unpaired) electrons. The van der Waals surface area contributed by atoms with Gasteiger partial charge in [-0.2, -0.15) is 0 Å². The van der Waals surface area contributed by atoms with E-state index < -0.39 is 14.9 Å². The first kappa shape index (κ1) is 20.3. The van der Waals surface area contributed by atoms with Crippen LogP contribution < -0.4 is 10.6 Å². The summed E-state index contributed by atoms with van der Waals surface area (Å²) in [4.78, 5) is 0. The van der Waals surface area contributed by atoms with E-state index in [9.17, 15) is 4.57 Å². The van der Waals surface area contributed by atoms with Gasteiger partial charge in [-0.25, -0.2) is 0 Å². The minimum absolute atomic E-state index is 0.471. The number of rotatable bonds is 11. The average Bonchev–Trinajstić information content (AvgIpc) is 2.64. The van der Waals surface area contributed by atoms with Gasteiger partial charge in [0.15, 0.2) is 0 Å². The highest BCUT2D eigenvalue weighted by Gasteiger charge is 2.38. The van der Waals surface area contributed by atoms with Crippen molar-refractivity contribution >= 4 is 25.5 Å². The minimum atomic E-state index is -3.27. The predicted octanol–water partition coefficient (Wildman–Crippen LogP) is 5.86. The minimum Gasteiger partial charge on any atom is -0.305 e. The summed E-state index contributed by atoms with van der Waals surface area (Å²) >= 11 is 0. The van der Waals surface area contributed by atoms with Crippen molar-refractivity contribution < 1.29 is 13.6 Å². The van der Waals surface area contributed by atoms with Crippen molar-refractivity contribution in [1.82, 2.24) is 0 Å². The van der Waals surface area contributed by atoms with Crippen molar-refractivity contribution in [2.45, 2.75) is 39.5 Å². The third kappa shape index (κ3) is 6.04. The third-order valence-electron chi connectivity index (χ3n) is 3.75. The number of hydrogen-bond donors (Lipinski definition) is 0. The summed E-state index contributed by atoms with van der Waals surface area (Å²) in [5.74, 6) is 0. The molecule has 25 heavy (non-hydrogen) atoms. The lowest BCUT2D eigenvalue weighted by molar-refractivity contribution is 0.214. The van der Waals surface area contributed by atoms with Crippen molar-refractivity contribution in [2.75, 3.05) is 13.2 Å². The molecule has 3 nitrogen and oxygen atoms in total. The summed E-state index contributed by atoms with van der Waals surface area (Å²) in [6, 6.07) is 20.0. The van der Waals surface area contributed by atoms with Crippen LogP contribution in [0.4, 0.5) is 0 Å². The largest absolute Gasteiger partial charge is 0.358 e. The lowest BCUT2D eigenvalue weighted by atomic mass is 10.4. The summed E-state index contributed by atoms with van der Waals surface area (Å²) in [7, 11) is -4.49. The summed E-state index contributed by atoms with van der Waals surface area (Å²) < 4.78 is 25.7. The molecule has 0 spiro atoms. The van der Waals surface area contributed by atoms with Gasteiger partial charge < -0.3 is 9.05 Å². The van der Waals surface area contributed by atoms with Gasteiger partial charge in [-0.05, 0) is 23.5 Å². The molecule has 0 amide bonds. The van der Waals surface area contributed by atoms with E-state index in [1.807, 2.05) is 60.7 Å². The van der Waals surface area contributed by atoms with E-state index in [0.717, 1.165) is 36.3 Å². The van der Waals surface area contributed by atoms with Gasteiger partial charge in [0.1, 0.15) is 0 Å². The second-order valence-electron chi connectivity index (χ2n) is 5.83. The van der Waals surface area contributed by atoms with Gasteiger partial charge in [-0.3, -0.25) is 4.57 Å². The molecular formula is C20H28O3P2. The van der Waals surface area contributed by atoms with Crippen molar-refractivity contribution in [1.29, 1.82) is 0 Å². The zero-order valence-electron chi connectivity index (χ0n) is 15.1. The molecule has 0 fully saturated rings. The van der Waals surface area contributed by atoms with Crippen LogP contribution >= 0.6 is 14.9 Å². The number of hydrogen-bond acceptors (Lipinski definition) is 3. The van der Waals surface area contributed by atoms with Gasteiger partial charge in [-0.15, -0.1) is 0 Å². The molecule has 136 valence electrons. The monoisotopic (exact) mass is 378 g/mol. The van der Waals surface area contributed by atoms with Gasteiger partial charge in [0.2, 0.25) is 0 Å². The van der Waals surface area contributed by atoms with Crippen LogP contribution in [0.1, 0.15) is 39.5 Å². The molecule has 0 unspecified atom stereocenters. The summed E-state index contributed by atoms with van der Waals surface area (Å²) in [6.07, 6.45) is 3.77. The Balaban J connectivity index is 2.39. The highest BCUT2D eigenvalue weighted by Crippen LogP contribution is 2.75. The Kier molecular flexibility index (Phi) is 8.85. The summed E-state index contributed by atoms with van der Waals surface area (Å²) in [6.45, 7) is 5.14. The first-order valence-electron chi connectivity index (χ1n) is 9.01. The molecule has 2 aromatic rings. The molecule has 2 aromatic carbocycles. The van der Waals surface area contributed by atoms with Crippen LogP contribution in [0, 0.1) is 0 Å². The fourth-order valence-electron chi connectivity index (χ4n) is 2.37. The van der Waals surface area contributed by atoms with Gasteiger partial charge in [-0.1, -0.05) is 87.4 Å². The van der Waals surface area contributed by atoms with Crippen LogP contribution in [0.2, 0.25) is 0 Å². The molecule has 0 N–H and O–H groups in total. The maximum absolute atomic E-state index is 13.8. The van der Waals surface area contributed by atoms with Gasteiger partial charge in [0.05, 0.1) is 20.8 Å². The van der Waals surface area contributed by atoms with Crippen molar-refractivity contribution in [3.05, 3.63) is 60.7 Å². The Labute approximate surface area is 152 Å². The normalized spacial score (nSPS) is 11.8. The molecule has 0 aliphatic carbocycles. The molecule has 0 aromatic heterocycles. The van der Waals surface area contributed by atoms with Crippen LogP contribution in [-0.4, -0.2) is 13.2 Å². The van der Waals surface area contributed by atoms with Crippen LogP contribution in [0.3, 0.4) is 0 Å². The van der Waals surface area contributed by atoms with Gasteiger partial charge in [0.25, 0.3) is 0 Å². The Morgan fingerprint density at radius 2 is 1.16 bits per heavy atom. The molecule has 5 heteroatoms. The van der Waals surface area contributed by atoms with E-state index in [0.29, 0.717) is 13.2 Å². The third-order valence-corrected chi connectivity index (χ3v) is 10.4. The molecule has 0 bridgehead atoms. The maximum Gasteiger partial charge on any atom is 0.358 e. The standard InChI is InChI=1S/C20H28O3P2/c1-3-5-17-22-25(21,23-18-6-4-2)24(19-13-9-7-10-14-19)20-15-11-8-12-16-20/h7-16H,3-6,17-18H2,1-2H3. The van der Waals surface area contributed by atoms with E-state index in [1.165, 1.54) is 0 Å². The maximum atomic E-state index is 13.8. The van der Waals surface area contributed by atoms with Crippen LogP contribution in [0.15, 0.2) is 60.7 Å². The van der Waals surface area contributed by atoms with Crippen molar-refractivity contribution in [3.8, 4) is 0 Å². The quantitative estimate of drug-likeness (QED) is 0.363. The smallest absolute Gasteiger partial charge is 0.305 e. The molecule has 0 heterocycles. The van der Waals surface area contributed by atoms with E-state index in [-0.39, 0.29) is 0 Å². The van der Waals surface area contributed by atoms with Crippen LogP contribution in [-0.2, 0) is 13.6 Å². The van der Waals surface area contributed by atoms with E-state index >= 15 is 0 Å². The van der Waals surface area contributed by atoms with E-state index in [1.54, 1.807) is 0 Å². The molecule has 2 rings (SSSR count). The molecule has 0 aliphatic rings. The zero-order chi connectivity index (χ0) is 18.0. The molecular weight excluding hydrogens is 350 g/mol. The molecule has 0 aliphatic heterocycles. The van der Waals surface area contributed by atoms with Gasteiger partial charge >= 0.3 is 7.28 Å². The highest BCUT2D eigenvalue weighted by molar-refractivity contribution is 8.35. The van der Waals surface area contributed by atoms with Crippen LogP contribution in [0.25, 0.3) is 0 Å². The lowest BCUT2D eigenvalue weighted by Gasteiger charge is -2.27. The predicted molar refractivity (Wildman–Crippen MR) is 108 cm³/mol. The Bertz CT molecular complexity index is 593. The second kappa shape index (κ2) is 10.9. The molecule has 0 saturated carbocycles. The highest BCUT2D eigenvalue weighted by atomic mass is 32.1. The first-order valence-corrected chi connectivity index (χ1v) is 12.6. The fourth-order valence-corrected chi connectivity index (χ4v) is 8.85. The Morgan fingerprint density at radius 1 is 0.760 bits per heavy atom. The van der Waals surface area contributed by atoms with Crippen molar-refractivity contribution in [2.24, 2.45) is 0 Å². The van der Waals surface area contributed by atoms with E-state index in [4.69, 9.17) is 9.05 Å². The second-order valence-corrected chi connectivity index (χ2v) is 11.6. The number of unbranched alkanes of at least 4 members (excludes halogenated alkanes) is 2. The number of benzene rings is 2. The Hall–Kier alpha value is -0.980. The molecule has 0 atom stereocenters. The van der Waals surface area contributed by atoms with E-state index in [2.05, 4.69) is 13.8 Å². The average molecular weight is 378 g/mol. The first-order chi connectivity index (χ1) is 12.2. The SMILES string of the molecule is CCCCOP(=O)(OCCCC)P(c1ccccc1)c1ccccc1. The van der Waals surface area contributed by atoms with Crippen molar-refractivity contribution in [3.63, 3.8) is 0 Å². The summed E-state index contributed by atoms with van der Waals surface area (Å²) in [5.41, 5.74) is 0. The zero-order valence-corrected chi connectivity index (χ0v) is 16.9. The van der Waals surface area contributed by atoms with Crippen LogP contribution in [0.5, 0.6) is 0 Å². The molecule has 0 saturated heterocycles. The fraction of sp³-hybridized carbons (Fsp3) is 0.400. The lowest BCUT2D eigenvalue weighted by Crippen LogP contribution is -2.14. The topological polar surface area (TPSA) is 35.5 Å². The Morgan fingerprint density at radius 3 is 1.52 bits per heavy atom. The van der Waals surface area contributed by atoms with Gasteiger partial charge in [0, 0.05) is 0 Å².